The van der Waals surface area contributed by atoms with Crippen LogP contribution in [-0.2, 0) is 22.4 Å². The van der Waals surface area contributed by atoms with Crippen molar-refractivity contribution in [2.24, 2.45) is 0 Å². The molecular weight excluding hydrogens is 544 g/mol. The van der Waals surface area contributed by atoms with Gasteiger partial charge in [0.15, 0.2) is 6.29 Å². The van der Waals surface area contributed by atoms with Gasteiger partial charge in [-0.2, -0.15) is 0 Å². The van der Waals surface area contributed by atoms with Crippen LogP contribution in [0.4, 0.5) is 5.69 Å². The van der Waals surface area contributed by atoms with Crippen LogP contribution in [0.2, 0.25) is 0 Å². The fourth-order valence-electron chi connectivity index (χ4n) is 5.64. The maximum Gasteiger partial charge on any atom is 0.342 e. The van der Waals surface area contributed by atoms with E-state index in [9.17, 15) is 20.0 Å². The van der Waals surface area contributed by atoms with E-state index in [2.05, 4.69) is 17.0 Å². The molecule has 8 heteroatoms. The van der Waals surface area contributed by atoms with Crippen LogP contribution in [0.3, 0.4) is 0 Å². The largest absolute Gasteiger partial charge is 0.477 e. The van der Waals surface area contributed by atoms with Gasteiger partial charge in [-0.15, -0.1) is 0 Å². The van der Waals surface area contributed by atoms with Crippen molar-refractivity contribution in [2.75, 3.05) is 19.7 Å². The van der Waals surface area contributed by atoms with Crippen LogP contribution >= 0.6 is 0 Å². The minimum Gasteiger partial charge on any atom is -0.477 e. The molecule has 43 heavy (non-hydrogen) atoms. The van der Waals surface area contributed by atoms with Crippen molar-refractivity contribution in [2.45, 2.75) is 44.6 Å². The SMILES string of the molecule is O=C(O)c1ccc(-c2ccccc2)c(CCN(Cc2ccccc2)C[C@H](OC2CCCCO2)c2ccccc2)c1[N+](=O)[O-]. The van der Waals surface area contributed by atoms with Crippen molar-refractivity contribution in [3.05, 3.63) is 135 Å². The number of hydrogen-bond acceptors (Lipinski definition) is 6. The van der Waals surface area contributed by atoms with Gasteiger partial charge in [0.05, 0.1) is 11.0 Å². The normalized spacial score (nSPS) is 15.7. The first-order chi connectivity index (χ1) is 21.0. The lowest BCUT2D eigenvalue weighted by Crippen LogP contribution is -2.34. The van der Waals surface area contributed by atoms with Gasteiger partial charge in [-0.05, 0) is 54.0 Å². The van der Waals surface area contributed by atoms with E-state index >= 15 is 0 Å². The molecular formula is C35H36N2O6. The van der Waals surface area contributed by atoms with Gasteiger partial charge < -0.3 is 14.6 Å². The molecule has 5 rings (SSSR count). The number of carboxylic acid groups (broad SMARTS) is 1. The van der Waals surface area contributed by atoms with Crippen molar-refractivity contribution < 1.29 is 24.3 Å². The molecule has 2 atom stereocenters. The molecule has 222 valence electrons. The summed E-state index contributed by atoms with van der Waals surface area (Å²) in [6.07, 6.45) is 2.59. The third-order valence-corrected chi connectivity index (χ3v) is 7.76. The molecule has 0 saturated carbocycles. The van der Waals surface area contributed by atoms with Crippen molar-refractivity contribution in [1.82, 2.24) is 4.90 Å². The Bertz CT molecular complexity index is 1490. The minimum absolute atomic E-state index is 0.274. The van der Waals surface area contributed by atoms with E-state index in [-0.39, 0.29) is 30.1 Å². The number of aromatic carboxylic acids is 1. The Hall–Kier alpha value is -4.37. The number of nitro groups is 1. The Morgan fingerprint density at radius 2 is 1.63 bits per heavy atom. The van der Waals surface area contributed by atoms with E-state index in [0.717, 1.165) is 36.0 Å². The van der Waals surface area contributed by atoms with Crippen LogP contribution < -0.4 is 0 Å². The van der Waals surface area contributed by atoms with E-state index in [1.165, 1.54) is 6.07 Å². The van der Waals surface area contributed by atoms with E-state index in [1.54, 1.807) is 6.07 Å². The molecule has 1 fully saturated rings. The van der Waals surface area contributed by atoms with Crippen molar-refractivity contribution in [3.8, 4) is 11.1 Å². The number of carboxylic acids is 1. The Labute approximate surface area is 251 Å². The van der Waals surface area contributed by atoms with Crippen molar-refractivity contribution >= 4 is 11.7 Å². The summed E-state index contributed by atoms with van der Waals surface area (Å²) in [6.45, 7) is 2.22. The van der Waals surface area contributed by atoms with E-state index < -0.39 is 10.9 Å². The second-order valence-electron chi connectivity index (χ2n) is 10.7. The molecule has 0 radical (unpaired) electrons. The predicted molar refractivity (Wildman–Crippen MR) is 165 cm³/mol. The van der Waals surface area contributed by atoms with Crippen LogP contribution in [0.25, 0.3) is 11.1 Å². The van der Waals surface area contributed by atoms with Gasteiger partial charge in [0.25, 0.3) is 5.69 Å². The summed E-state index contributed by atoms with van der Waals surface area (Å²) in [5.74, 6) is -1.32. The van der Waals surface area contributed by atoms with E-state index in [4.69, 9.17) is 9.47 Å². The van der Waals surface area contributed by atoms with Crippen LogP contribution in [0.15, 0.2) is 103 Å². The quantitative estimate of drug-likeness (QED) is 0.131. The zero-order valence-electron chi connectivity index (χ0n) is 24.0. The standard InChI is InChI=1S/C35H36N2O6/c38-35(39)31-20-19-29(27-14-6-2-7-15-27)30(34(31)37(40)41)21-22-36(24-26-12-4-1-5-13-26)25-32(28-16-8-3-9-17-28)43-33-18-10-11-23-42-33/h1-9,12-17,19-20,32-33H,10-11,18,21-25H2,(H,38,39)/t32-,33?/m0/s1. The maximum atomic E-state index is 12.3. The first-order valence-corrected chi connectivity index (χ1v) is 14.7. The monoisotopic (exact) mass is 580 g/mol. The third kappa shape index (κ3) is 7.93. The predicted octanol–water partition coefficient (Wildman–Crippen LogP) is 7.29. The lowest BCUT2D eigenvalue weighted by Gasteiger charge is -2.32. The highest BCUT2D eigenvalue weighted by Gasteiger charge is 2.29. The molecule has 0 spiro atoms. The average molecular weight is 581 g/mol. The Kier molecular flexibility index (Phi) is 10.3. The lowest BCUT2D eigenvalue weighted by atomic mass is 9.93. The topological polar surface area (TPSA) is 102 Å². The second-order valence-corrected chi connectivity index (χ2v) is 10.7. The smallest absolute Gasteiger partial charge is 0.342 e. The highest BCUT2D eigenvalue weighted by molar-refractivity contribution is 5.95. The van der Waals surface area contributed by atoms with Crippen LogP contribution in [-0.4, -0.2) is 46.9 Å². The third-order valence-electron chi connectivity index (χ3n) is 7.76. The molecule has 0 amide bonds. The van der Waals surface area contributed by atoms with Gasteiger partial charge in [0, 0.05) is 31.8 Å². The zero-order valence-corrected chi connectivity index (χ0v) is 24.0. The molecule has 1 aliphatic rings. The summed E-state index contributed by atoms with van der Waals surface area (Å²) in [7, 11) is 0. The maximum absolute atomic E-state index is 12.3. The summed E-state index contributed by atoms with van der Waals surface area (Å²) < 4.78 is 12.5. The molecule has 0 aromatic heterocycles. The summed E-state index contributed by atoms with van der Waals surface area (Å²) in [6, 6.07) is 32.5. The van der Waals surface area contributed by atoms with Crippen LogP contribution in [0.1, 0.15) is 52.4 Å². The Morgan fingerprint density at radius 3 is 2.26 bits per heavy atom. The van der Waals surface area contributed by atoms with Gasteiger partial charge in [-0.1, -0.05) is 97.1 Å². The number of nitro benzene ring substituents is 1. The Morgan fingerprint density at radius 1 is 0.953 bits per heavy atom. The first-order valence-electron chi connectivity index (χ1n) is 14.7. The number of ether oxygens (including phenoxy) is 2. The molecule has 4 aromatic carbocycles. The van der Waals surface area contributed by atoms with Crippen LogP contribution in [0, 0.1) is 10.1 Å². The van der Waals surface area contributed by atoms with Crippen molar-refractivity contribution in [1.29, 1.82) is 0 Å². The molecule has 1 saturated heterocycles. The fraction of sp³-hybridized carbons (Fsp3) is 0.286. The van der Waals surface area contributed by atoms with Gasteiger partial charge in [-0.3, -0.25) is 15.0 Å². The van der Waals surface area contributed by atoms with Gasteiger partial charge in [0.2, 0.25) is 0 Å². The summed E-state index contributed by atoms with van der Waals surface area (Å²) in [5, 5.41) is 22.2. The second kappa shape index (κ2) is 14.7. The Balaban J connectivity index is 1.49. The number of hydrogen-bond donors (Lipinski definition) is 1. The molecule has 4 aromatic rings. The summed E-state index contributed by atoms with van der Waals surface area (Å²) in [4.78, 5) is 26.1. The fourth-order valence-corrected chi connectivity index (χ4v) is 5.64. The van der Waals surface area contributed by atoms with E-state index in [1.807, 2.05) is 78.9 Å². The first kappa shape index (κ1) is 30.1. The number of carbonyl (C=O) groups is 1. The molecule has 0 bridgehead atoms. The molecule has 1 aliphatic heterocycles. The molecule has 8 nitrogen and oxygen atoms in total. The molecule has 1 unspecified atom stereocenters. The minimum atomic E-state index is -1.32. The van der Waals surface area contributed by atoms with Gasteiger partial charge in [-0.25, -0.2) is 4.79 Å². The highest BCUT2D eigenvalue weighted by atomic mass is 16.7. The van der Waals surface area contributed by atoms with Gasteiger partial charge in [0.1, 0.15) is 5.56 Å². The average Bonchev–Trinajstić information content (AvgIpc) is 3.04. The van der Waals surface area contributed by atoms with Gasteiger partial charge >= 0.3 is 5.97 Å². The zero-order chi connectivity index (χ0) is 30.0. The van der Waals surface area contributed by atoms with E-state index in [0.29, 0.717) is 37.4 Å². The number of nitrogens with zero attached hydrogens (tertiary/aromatic N) is 2. The van der Waals surface area contributed by atoms with Crippen molar-refractivity contribution in [3.63, 3.8) is 0 Å². The molecule has 1 heterocycles. The lowest BCUT2D eigenvalue weighted by molar-refractivity contribution is -0.385. The number of benzene rings is 4. The summed E-state index contributed by atoms with van der Waals surface area (Å²) >= 11 is 0. The highest BCUT2D eigenvalue weighted by Crippen LogP contribution is 2.35. The number of rotatable bonds is 13. The summed E-state index contributed by atoms with van der Waals surface area (Å²) in [5.41, 5.74) is 3.31. The van der Waals surface area contributed by atoms with Crippen LogP contribution in [0.5, 0.6) is 0 Å². The molecule has 1 N–H and O–H groups in total. The molecule has 0 aliphatic carbocycles.